The fraction of sp³-hybridized carbons (Fsp3) is 0.333. The van der Waals surface area contributed by atoms with Crippen LogP contribution in [0, 0.1) is 13.8 Å². The third kappa shape index (κ3) is 5.48. The number of oxime groups is 1. The fourth-order valence-electron chi connectivity index (χ4n) is 5.23. The number of carbonyl (C=O) groups is 1. The van der Waals surface area contributed by atoms with E-state index in [2.05, 4.69) is 30.4 Å². The van der Waals surface area contributed by atoms with Crippen molar-refractivity contribution in [3.8, 4) is 10.6 Å². The lowest BCUT2D eigenvalue weighted by molar-refractivity contribution is 0.0648. The summed E-state index contributed by atoms with van der Waals surface area (Å²) in [7, 11) is 0. The molecule has 4 aromatic rings. The summed E-state index contributed by atoms with van der Waals surface area (Å²) >= 11 is 3.15. The van der Waals surface area contributed by atoms with E-state index in [1.165, 1.54) is 17.4 Å². The number of anilines is 2. The van der Waals surface area contributed by atoms with Gasteiger partial charge in [-0.2, -0.15) is 0 Å². The highest BCUT2D eigenvalue weighted by molar-refractivity contribution is 7.16. The van der Waals surface area contributed by atoms with Gasteiger partial charge in [-0.3, -0.25) is 9.59 Å². The monoisotopic (exact) mass is 561 g/mol. The van der Waals surface area contributed by atoms with Crippen molar-refractivity contribution < 1.29 is 9.63 Å². The molecule has 0 aromatic carbocycles. The summed E-state index contributed by atoms with van der Waals surface area (Å²) in [5.74, 6) is 0.635. The van der Waals surface area contributed by atoms with E-state index in [1.54, 1.807) is 29.8 Å². The van der Waals surface area contributed by atoms with Crippen molar-refractivity contribution in [2.24, 2.45) is 5.16 Å². The standard InChI is InChI=1S/C27H27N7O3S2/c1-15-25(39-16(2)30-15)22-14-38-27(31-22)32-23-6-3-18(12-29-23)26(36)34-20-4-5-21(34)11-19(10-20)33-37-13-17-7-8-28-24(35)9-17/h3,6-9,12,14,20-21H,4-5,10-11,13H2,1-2H3,(H,28,35)(H,29,31,32)/t20-,21+. The van der Waals surface area contributed by atoms with E-state index in [-0.39, 0.29) is 30.2 Å². The summed E-state index contributed by atoms with van der Waals surface area (Å²) < 4.78 is 0. The first kappa shape index (κ1) is 25.4. The van der Waals surface area contributed by atoms with Gasteiger partial charge in [0.15, 0.2) is 5.13 Å². The Bertz CT molecular complexity index is 1580. The molecule has 6 rings (SSSR count). The van der Waals surface area contributed by atoms with E-state index in [9.17, 15) is 9.59 Å². The Kier molecular flexibility index (Phi) is 6.96. The van der Waals surface area contributed by atoms with E-state index < -0.39 is 0 Å². The fourth-order valence-corrected chi connectivity index (χ4v) is 6.89. The van der Waals surface area contributed by atoms with E-state index in [1.807, 2.05) is 36.3 Å². The van der Waals surface area contributed by atoms with Crippen LogP contribution in [0.5, 0.6) is 0 Å². The molecule has 39 heavy (non-hydrogen) atoms. The van der Waals surface area contributed by atoms with Gasteiger partial charge in [0.2, 0.25) is 5.56 Å². The normalized spacial score (nSPS) is 19.4. The number of hydrogen-bond acceptors (Lipinski definition) is 10. The van der Waals surface area contributed by atoms with Crippen LogP contribution in [-0.4, -0.2) is 48.5 Å². The van der Waals surface area contributed by atoms with Crippen molar-refractivity contribution in [2.75, 3.05) is 5.32 Å². The van der Waals surface area contributed by atoms with Gasteiger partial charge in [-0.1, -0.05) is 5.16 Å². The number of nitrogens with one attached hydrogen (secondary N) is 2. The average molecular weight is 562 g/mol. The molecule has 2 bridgehead atoms. The zero-order valence-corrected chi connectivity index (χ0v) is 23.1. The molecule has 2 aliphatic heterocycles. The smallest absolute Gasteiger partial charge is 0.255 e. The van der Waals surface area contributed by atoms with E-state index in [0.29, 0.717) is 24.2 Å². The minimum absolute atomic E-state index is 0.00222. The number of aromatic amines is 1. The predicted octanol–water partition coefficient (Wildman–Crippen LogP) is 5.05. The number of aromatic nitrogens is 4. The summed E-state index contributed by atoms with van der Waals surface area (Å²) in [6, 6.07) is 7.12. The summed E-state index contributed by atoms with van der Waals surface area (Å²) in [4.78, 5) is 49.7. The second-order valence-corrected chi connectivity index (χ2v) is 11.8. The molecule has 4 aromatic heterocycles. The zero-order valence-electron chi connectivity index (χ0n) is 21.5. The van der Waals surface area contributed by atoms with Crippen LogP contribution in [0.3, 0.4) is 0 Å². The Labute approximate surface area is 232 Å². The molecule has 0 aliphatic carbocycles. The van der Waals surface area contributed by atoms with Crippen molar-refractivity contribution >= 4 is 45.2 Å². The number of H-pyrrole nitrogens is 1. The minimum atomic E-state index is -0.165. The summed E-state index contributed by atoms with van der Waals surface area (Å²) in [6.45, 7) is 4.23. The van der Waals surface area contributed by atoms with E-state index in [0.717, 1.165) is 50.5 Å². The lowest BCUT2D eigenvalue weighted by Gasteiger charge is -2.35. The highest BCUT2D eigenvalue weighted by Gasteiger charge is 2.42. The molecule has 2 N–H and O–H groups in total. The van der Waals surface area contributed by atoms with Crippen LogP contribution in [0.2, 0.25) is 0 Å². The minimum Gasteiger partial charge on any atom is -0.391 e. The third-order valence-corrected chi connectivity index (χ3v) is 8.80. The molecular weight excluding hydrogens is 534 g/mol. The Morgan fingerprint density at radius 1 is 1.21 bits per heavy atom. The van der Waals surface area contributed by atoms with Gasteiger partial charge in [0.05, 0.1) is 32.5 Å². The van der Waals surface area contributed by atoms with Crippen molar-refractivity contribution in [2.45, 2.75) is 58.2 Å². The molecule has 6 heterocycles. The number of nitrogens with zero attached hydrogens (tertiary/aromatic N) is 5. The predicted molar refractivity (Wildman–Crippen MR) is 152 cm³/mol. The van der Waals surface area contributed by atoms with Crippen LogP contribution in [0.1, 0.15) is 52.3 Å². The molecule has 0 spiro atoms. The molecule has 200 valence electrons. The second-order valence-electron chi connectivity index (χ2n) is 9.74. The number of fused-ring (bicyclic) bond motifs is 2. The molecule has 0 saturated carbocycles. The van der Waals surface area contributed by atoms with Crippen LogP contribution >= 0.6 is 22.7 Å². The van der Waals surface area contributed by atoms with Crippen LogP contribution in [0.4, 0.5) is 10.9 Å². The first-order chi connectivity index (χ1) is 18.9. The van der Waals surface area contributed by atoms with Crippen LogP contribution in [-0.2, 0) is 11.4 Å². The summed E-state index contributed by atoms with van der Waals surface area (Å²) in [5, 5.41) is 11.3. The lowest BCUT2D eigenvalue weighted by Crippen LogP contribution is -2.46. The highest BCUT2D eigenvalue weighted by atomic mass is 32.1. The number of amides is 1. The number of piperidine rings is 1. The van der Waals surface area contributed by atoms with Crippen molar-refractivity contribution in [1.82, 2.24) is 24.8 Å². The Morgan fingerprint density at radius 2 is 2.03 bits per heavy atom. The molecule has 2 fully saturated rings. The topological polar surface area (TPSA) is 125 Å². The van der Waals surface area contributed by atoms with Gasteiger partial charge in [0.25, 0.3) is 5.91 Å². The van der Waals surface area contributed by atoms with Gasteiger partial charge in [-0.25, -0.2) is 15.0 Å². The average Bonchev–Trinajstić information content (AvgIpc) is 3.59. The van der Waals surface area contributed by atoms with Crippen molar-refractivity contribution in [1.29, 1.82) is 0 Å². The number of rotatable bonds is 7. The van der Waals surface area contributed by atoms with Gasteiger partial charge in [0, 0.05) is 48.8 Å². The molecule has 0 radical (unpaired) electrons. The van der Waals surface area contributed by atoms with E-state index >= 15 is 0 Å². The largest absolute Gasteiger partial charge is 0.391 e. The molecular formula is C27H27N7O3S2. The Hall–Kier alpha value is -3.90. The number of thiazole rings is 2. The first-order valence-electron chi connectivity index (χ1n) is 12.7. The molecule has 2 saturated heterocycles. The third-order valence-electron chi connectivity index (χ3n) is 6.95. The van der Waals surface area contributed by atoms with Gasteiger partial charge in [-0.15, -0.1) is 22.7 Å². The quantitative estimate of drug-likeness (QED) is 0.303. The second kappa shape index (κ2) is 10.7. The SMILES string of the molecule is Cc1nc(C)c(-c2csc(Nc3ccc(C(=O)N4[C@@H]5CC[C@H]4CC(=NOCc4cc[nH]c(=O)c4)C5)cn3)n2)s1. The van der Waals surface area contributed by atoms with Crippen LogP contribution < -0.4 is 10.9 Å². The van der Waals surface area contributed by atoms with Crippen LogP contribution in [0.15, 0.2) is 52.0 Å². The molecule has 10 nitrogen and oxygen atoms in total. The first-order valence-corrected chi connectivity index (χ1v) is 14.4. The van der Waals surface area contributed by atoms with Gasteiger partial charge in [0.1, 0.15) is 12.4 Å². The maximum atomic E-state index is 13.4. The van der Waals surface area contributed by atoms with Crippen molar-refractivity contribution in [3.63, 3.8) is 0 Å². The maximum Gasteiger partial charge on any atom is 0.255 e. The van der Waals surface area contributed by atoms with Gasteiger partial charge in [-0.05, 0) is 50.5 Å². The van der Waals surface area contributed by atoms with Crippen LogP contribution in [0.25, 0.3) is 10.6 Å². The molecule has 0 unspecified atom stereocenters. The lowest BCUT2D eigenvalue weighted by atomic mass is 9.99. The summed E-state index contributed by atoms with van der Waals surface area (Å²) in [6.07, 6.45) is 6.50. The molecule has 2 atom stereocenters. The van der Waals surface area contributed by atoms with E-state index in [4.69, 9.17) is 4.84 Å². The zero-order chi connectivity index (χ0) is 26.9. The Morgan fingerprint density at radius 3 is 2.72 bits per heavy atom. The summed E-state index contributed by atoms with van der Waals surface area (Å²) in [5.41, 5.74) is 4.02. The number of hydrogen-bond donors (Lipinski definition) is 2. The highest BCUT2D eigenvalue weighted by Crippen LogP contribution is 2.36. The van der Waals surface area contributed by atoms with Gasteiger partial charge >= 0.3 is 0 Å². The maximum absolute atomic E-state index is 13.4. The molecule has 12 heteroatoms. The van der Waals surface area contributed by atoms with Gasteiger partial charge < -0.3 is 20.0 Å². The number of pyridine rings is 2. The molecule has 1 amide bonds. The molecule has 2 aliphatic rings. The number of carbonyl (C=O) groups excluding carboxylic acids is 1. The number of aryl methyl sites for hydroxylation is 2. The Balaban J connectivity index is 1.07. The van der Waals surface area contributed by atoms with Crippen molar-refractivity contribution in [3.05, 3.63) is 74.2 Å².